The Labute approximate surface area is 159 Å². The van der Waals surface area contributed by atoms with Crippen LogP contribution < -0.4 is 10.6 Å². The Hall–Kier alpha value is -3.21. The van der Waals surface area contributed by atoms with Gasteiger partial charge in [0, 0.05) is 23.8 Å². The van der Waals surface area contributed by atoms with Crippen LogP contribution in [0.2, 0.25) is 0 Å². The number of hydrogen-bond donors (Lipinski definition) is 2. The van der Waals surface area contributed by atoms with Gasteiger partial charge in [0.15, 0.2) is 0 Å². The number of carbonyl (C=O) groups is 1. The van der Waals surface area contributed by atoms with Crippen LogP contribution in [0.15, 0.2) is 42.7 Å². The molecule has 5 heteroatoms. The Bertz CT molecular complexity index is 971. The first-order chi connectivity index (χ1) is 12.8. The molecule has 0 unspecified atom stereocenters. The molecule has 3 aromatic rings. The number of hydrogen-bond acceptors (Lipinski definition) is 4. The van der Waals surface area contributed by atoms with E-state index in [1.807, 2.05) is 45.9 Å². The van der Waals surface area contributed by atoms with Crippen LogP contribution in [0.25, 0.3) is 0 Å². The van der Waals surface area contributed by atoms with Crippen LogP contribution in [0, 0.1) is 34.6 Å². The predicted molar refractivity (Wildman–Crippen MR) is 110 cm³/mol. The van der Waals surface area contributed by atoms with Crippen molar-refractivity contribution in [1.82, 2.24) is 9.97 Å². The first-order valence-electron chi connectivity index (χ1n) is 8.89. The van der Waals surface area contributed by atoms with Crippen LogP contribution in [0.4, 0.5) is 17.3 Å². The van der Waals surface area contributed by atoms with Crippen molar-refractivity contribution in [1.29, 1.82) is 0 Å². The molecule has 0 saturated carbocycles. The van der Waals surface area contributed by atoms with Gasteiger partial charge in [0.1, 0.15) is 0 Å². The van der Waals surface area contributed by atoms with E-state index in [0.29, 0.717) is 11.5 Å². The lowest BCUT2D eigenvalue weighted by molar-refractivity contribution is 0.102. The maximum atomic E-state index is 12.5. The van der Waals surface area contributed by atoms with Crippen molar-refractivity contribution in [3.8, 4) is 0 Å². The van der Waals surface area contributed by atoms with E-state index in [-0.39, 0.29) is 5.91 Å². The highest BCUT2D eigenvalue weighted by Crippen LogP contribution is 2.24. The third-order valence-electron chi connectivity index (χ3n) is 4.47. The third kappa shape index (κ3) is 4.31. The summed E-state index contributed by atoms with van der Waals surface area (Å²) in [5, 5.41) is 6.17. The molecule has 2 N–H and O–H groups in total. The molecule has 5 nitrogen and oxygen atoms in total. The summed E-state index contributed by atoms with van der Waals surface area (Å²) in [6.45, 7) is 10.1. The highest BCUT2D eigenvalue weighted by Gasteiger charge is 2.11. The number of nitrogens with one attached hydrogen (secondary N) is 2. The van der Waals surface area contributed by atoms with Crippen molar-refractivity contribution in [3.05, 3.63) is 76.1 Å². The molecule has 0 atom stereocenters. The molecule has 0 spiro atoms. The van der Waals surface area contributed by atoms with E-state index in [2.05, 4.69) is 39.7 Å². The summed E-state index contributed by atoms with van der Waals surface area (Å²) in [6, 6.07) is 10.2. The van der Waals surface area contributed by atoms with E-state index < -0.39 is 0 Å². The summed E-state index contributed by atoms with van der Waals surface area (Å²) in [7, 11) is 0. The number of aryl methyl sites for hydroxylation is 5. The number of nitrogens with zero attached hydrogens (tertiary/aromatic N) is 2. The summed E-state index contributed by atoms with van der Waals surface area (Å²) in [4.78, 5) is 21.1. The van der Waals surface area contributed by atoms with E-state index >= 15 is 0 Å². The van der Waals surface area contributed by atoms with Crippen LogP contribution in [0.1, 0.15) is 38.2 Å². The van der Waals surface area contributed by atoms with Crippen LogP contribution >= 0.6 is 0 Å². The van der Waals surface area contributed by atoms with Gasteiger partial charge in [0.25, 0.3) is 5.91 Å². The lowest BCUT2D eigenvalue weighted by Gasteiger charge is -2.13. The van der Waals surface area contributed by atoms with E-state index in [9.17, 15) is 4.79 Å². The molecule has 0 bridgehead atoms. The second-order valence-corrected chi connectivity index (χ2v) is 6.97. The summed E-state index contributed by atoms with van der Waals surface area (Å²) in [5.41, 5.74) is 7.80. The molecule has 3 rings (SSSR count). The molecule has 1 amide bonds. The minimum absolute atomic E-state index is 0.224. The lowest BCUT2D eigenvalue weighted by atomic mass is 10.1. The Balaban J connectivity index is 1.75. The lowest BCUT2D eigenvalue weighted by Crippen LogP contribution is -2.14. The van der Waals surface area contributed by atoms with Crippen LogP contribution in [0.3, 0.4) is 0 Å². The van der Waals surface area contributed by atoms with Crippen molar-refractivity contribution < 1.29 is 4.79 Å². The number of anilines is 3. The quantitative estimate of drug-likeness (QED) is 0.686. The second-order valence-electron chi connectivity index (χ2n) is 6.97. The largest absolute Gasteiger partial charge is 0.324 e. The third-order valence-corrected chi connectivity index (χ3v) is 4.47. The number of benzene rings is 2. The van der Waals surface area contributed by atoms with Gasteiger partial charge in [-0.25, -0.2) is 9.97 Å². The molecule has 0 aliphatic rings. The van der Waals surface area contributed by atoms with Crippen molar-refractivity contribution in [2.75, 3.05) is 10.6 Å². The molecule has 138 valence electrons. The molecular weight excluding hydrogens is 336 g/mol. The first-order valence-corrected chi connectivity index (χ1v) is 8.89. The molecule has 0 saturated heterocycles. The molecule has 0 fully saturated rings. The number of aromatic nitrogens is 2. The monoisotopic (exact) mass is 360 g/mol. The fourth-order valence-electron chi connectivity index (χ4n) is 3.06. The SMILES string of the molecule is Cc1cc(C)c(Nc2ncc(C(=O)Nc3cc(C)ccc3C)cn2)c(C)c1. The fourth-order valence-corrected chi connectivity index (χ4v) is 3.06. The smallest absolute Gasteiger partial charge is 0.258 e. The average Bonchev–Trinajstić information content (AvgIpc) is 2.61. The Morgan fingerprint density at radius 2 is 1.44 bits per heavy atom. The summed E-state index contributed by atoms with van der Waals surface area (Å²) < 4.78 is 0. The molecule has 1 heterocycles. The fraction of sp³-hybridized carbons (Fsp3) is 0.227. The molecule has 2 aromatic carbocycles. The van der Waals surface area contributed by atoms with Gasteiger partial charge in [-0.3, -0.25) is 4.79 Å². The van der Waals surface area contributed by atoms with Gasteiger partial charge in [-0.2, -0.15) is 0 Å². The maximum Gasteiger partial charge on any atom is 0.258 e. The zero-order chi connectivity index (χ0) is 19.6. The van der Waals surface area contributed by atoms with Crippen molar-refractivity contribution in [2.45, 2.75) is 34.6 Å². The Kier molecular flexibility index (Phi) is 5.21. The molecular formula is C22H24N4O. The van der Waals surface area contributed by atoms with Gasteiger partial charge in [0.05, 0.1) is 5.56 Å². The number of rotatable bonds is 4. The minimum atomic E-state index is -0.224. The molecule has 27 heavy (non-hydrogen) atoms. The van der Waals surface area contributed by atoms with Crippen LogP contribution in [0.5, 0.6) is 0 Å². The van der Waals surface area contributed by atoms with E-state index in [4.69, 9.17) is 0 Å². The number of carbonyl (C=O) groups excluding carboxylic acids is 1. The number of amides is 1. The zero-order valence-electron chi connectivity index (χ0n) is 16.3. The van der Waals surface area contributed by atoms with Gasteiger partial charge in [0.2, 0.25) is 5.95 Å². The van der Waals surface area contributed by atoms with Gasteiger partial charge < -0.3 is 10.6 Å². The van der Waals surface area contributed by atoms with Crippen LogP contribution in [-0.2, 0) is 0 Å². The van der Waals surface area contributed by atoms with Crippen molar-refractivity contribution >= 4 is 23.2 Å². The van der Waals surface area contributed by atoms with E-state index in [0.717, 1.165) is 33.6 Å². The summed E-state index contributed by atoms with van der Waals surface area (Å²) in [6.07, 6.45) is 3.07. The van der Waals surface area contributed by atoms with Gasteiger partial charge in [-0.05, 0) is 62.9 Å². The molecule has 0 radical (unpaired) electrons. The average molecular weight is 360 g/mol. The molecule has 0 aliphatic heterocycles. The topological polar surface area (TPSA) is 66.9 Å². The Morgan fingerprint density at radius 1 is 0.815 bits per heavy atom. The van der Waals surface area contributed by atoms with Gasteiger partial charge in [-0.15, -0.1) is 0 Å². The van der Waals surface area contributed by atoms with E-state index in [1.165, 1.54) is 18.0 Å². The molecule has 1 aromatic heterocycles. The molecule has 0 aliphatic carbocycles. The highest BCUT2D eigenvalue weighted by atomic mass is 16.1. The Morgan fingerprint density at radius 3 is 2.07 bits per heavy atom. The van der Waals surface area contributed by atoms with Crippen molar-refractivity contribution in [3.63, 3.8) is 0 Å². The zero-order valence-corrected chi connectivity index (χ0v) is 16.3. The predicted octanol–water partition coefficient (Wildman–Crippen LogP) is 5.01. The van der Waals surface area contributed by atoms with Gasteiger partial charge >= 0.3 is 0 Å². The standard InChI is InChI=1S/C22H24N4O/c1-13-6-7-15(3)19(10-13)25-21(27)18-11-23-22(24-12-18)26-20-16(4)8-14(2)9-17(20)5/h6-12H,1-5H3,(H,25,27)(H,23,24,26). The van der Waals surface area contributed by atoms with E-state index in [1.54, 1.807) is 0 Å². The summed E-state index contributed by atoms with van der Waals surface area (Å²) in [5.74, 6) is 0.242. The van der Waals surface area contributed by atoms with Gasteiger partial charge in [-0.1, -0.05) is 29.8 Å². The minimum Gasteiger partial charge on any atom is -0.324 e. The van der Waals surface area contributed by atoms with Crippen molar-refractivity contribution in [2.24, 2.45) is 0 Å². The highest BCUT2D eigenvalue weighted by molar-refractivity contribution is 6.04. The first kappa shape index (κ1) is 18.6. The summed E-state index contributed by atoms with van der Waals surface area (Å²) >= 11 is 0. The van der Waals surface area contributed by atoms with Crippen LogP contribution in [-0.4, -0.2) is 15.9 Å². The maximum absolute atomic E-state index is 12.5. The normalized spacial score (nSPS) is 10.6. The second kappa shape index (κ2) is 7.58.